The number of nitrogens with zero attached hydrogens (tertiary/aromatic N) is 2. The molecular weight excluding hydrogens is 489 g/mol. The summed E-state index contributed by atoms with van der Waals surface area (Å²) in [6.07, 6.45) is 0.943. The molecule has 0 bridgehead atoms. The van der Waals surface area contributed by atoms with Gasteiger partial charge in [0.2, 0.25) is 0 Å². The standard InChI is InChI=1S/C19H29N5O4.HI/c1-4-28-19(26)24-11-9-16(10-12-24)22-17(20-2)21-13-14-5-7-15(8-6-14)23-18(25)27-3;/h5-8,16H,4,9-13H2,1-3H3,(H,23,25)(H2,20,21,22);1H. The van der Waals surface area contributed by atoms with Crippen molar-refractivity contribution >= 4 is 47.8 Å². The van der Waals surface area contributed by atoms with Gasteiger partial charge < -0.3 is 25.0 Å². The van der Waals surface area contributed by atoms with Gasteiger partial charge in [-0.2, -0.15) is 0 Å². The summed E-state index contributed by atoms with van der Waals surface area (Å²) in [5.41, 5.74) is 1.72. The van der Waals surface area contributed by atoms with Crippen molar-refractivity contribution in [1.29, 1.82) is 0 Å². The maximum absolute atomic E-state index is 11.8. The summed E-state index contributed by atoms with van der Waals surface area (Å²) in [4.78, 5) is 29.0. The number of halogens is 1. The zero-order chi connectivity index (χ0) is 20.4. The van der Waals surface area contributed by atoms with Gasteiger partial charge in [0.1, 0.15) is 0 Å². The minimum Gasteiger partial charge on any atom is -0.453 e. The van der Waals surface area contributed by atoms with Crippen molar-refractivity contribution in [3.8, 4) is 0 Å². The fourth-order valence-electron chi connectivity index (χ4n) is 2.87. The number of nitrogens with one attached hydrogen (secondary N) is 3. The Bertz CT molecular complexity index is 676. The zero-order valence-electron chi connectivity index (χ0n) is 17.1. The molecule has 1 aliphatic heterocycles. The minimum absolute atomic E-state index is 0. The molecule has 0 atom stereocenters. The van der Waals surface area contributed by atoms with Crippen LogP contribution in [0.1, 0.15) is 25.3 Å². The predicted molar refractivity (Wildman–Crippen MR) is 123 cm³/mol. The topological polar surface area (TPSA) is 104 Å². The molecule has 0 radical (unpaired) electrons. The molecule has 0 aliphatic carbocycles. The fraction of sp³-hybridized carbons (Fsp3) is 0.526. The van der Waals surface area contributed by atoms with Crippen LogP contribution in [0.3, 0.4) is 0 Å². The smallest absolute Gasteiger partial charge is 0.411 e. The van der Waals surface area contributed by atoms with E-state index in [1.165, 1.54) is 7.11 Å². The molecule has 2 rings (SSSR count). The van der Waals surface area contributed by atoms with Gasteiger partial charge in [-0.1, -0.05) is 12.1 Å². The van der Waals surface area contributed by atoms with Gasteiger partial charge in [-0.25, -0.2) is 9.59 Å². The van der Waals surface area contributed by atoms with Crippen LogP contribution in [0.15, 0.2) is 29.3 Å². The number of ether oxygens (including phenoxy) is 2. The van der Waals surface area contributed by atoms with Gasteiger partial charge in [0.05, 0.1) is 13.7 Å². The molecule has 1 aliphatic rings. The maximum atomic E-state index is 11.8. The summed E-state index contributed by atoms with van der Waals surface area (Å²) in [5, 5.41) is 9.29. The van der Waals surface area contributed by atoms with Crippen molar-refractivity contribution < 1.29 is 19.1 Å². The molecule has 1 fully saturated rings. The third-order valence-electron chi connectivity index (χ3n) is 4.43. The second kappa shape index (κ2) is 13.1. The quantitative estimate of drug-likeness (QED) is 0.314. The SMILES string of the molecule is CCOC(=O)N1CCC(NC(=NC)NCc2ccc(NC(=O)OC)cc2)CC1.I. The highest BCUT2D eigenvalue weighted by molar-refractivity contribution is 14.0. The molecule has 0 spiro atoms. The number of guanidine groups is 1. The van der Waals surface area contributed by atoms with Gasteiger partial charge >= 0.3 is 12.2 Å². The number of hydrogen-bond donors (Lipinski definition) is 3. The number of benzene rings is 1. The van der Waals surface area contributed by atoms with Crippen LogP contribution in [0.25, 0.3) is 0 Å². The minimum atomic E-state index is -0.496. The molecule has 1 heterocycles. The van der Waals surface area contributed by atoms with Gasteiger partial charge in [0.25, 0.3) is 0 Å². The van der Waals surface area contributed by atoms with Crippen LogP contribution in [-0.4, -0.2) is 62.9 Å². The van der Waals surface area contributed by atoms with E-state index < -0.39 is 6.09 Å². The van der Waals surface area contributed by atoms with E-state index >= 15 is 0 Å². The van der Waals surface area contributed by atoms with Gasteiger partial charge in [0, 0.05) is 38.4 Å². The Morgan fingerprint density at radius 2 is 1.86 bits per heavy atom. The lowest BCUT2D eigenvalue weighted by molar-refractivity contribution is 0.0963. The number of piperidine rings is 1. The van der Waals surface area contributed by atoms with Crippen molar-refractivity contribution in [3.05, 3.63) is 29.8 Å². The van der Waals surface area contributed by atoms with E-state index in [0.29, 0.717) is 37.9 Å². The first-order valence-electron chi connectivity index (χ1n) is 9.38. The Balaban J connectivity index is 0.00000420. The van der Waals surface area contributed by atoms with E-state index in [9.17, 15) is 9.59 Å². The highest BCUT2D eigenvalue weighted by Gasteiger charge is 2.23. The van der Waals surface area contributed by atoms with E-state index in [2.05, 4.69) is 25.7 Å². The molecule has 29 heavy (non-hydrogen) atoms. The normalized spacial score (nSPS) is 14.4. The van der Waals surface area contributed by atoms with Crippen LogP contribution < -0.4 is 16.0 Å². The van der Waals surface area contributed by atoms with Crippen LogP contribution in [-0.2, 0) is 16.0 Å². The molecule has 0 unspecified atom stereocenters. The van der Waals surface area contributed by atoms with Gasteiger partial charge in [0.15, 0.2) is 5.96 Å². The van der Waals surface area contributed by atoms with E-state index in [0.717, 1.165) is 18.4 Å². The third-order valence-corrected chi connectivity index (χ3v) is 4.43. The Kier molecular flexibility index (Phi) is 11.2. The number of likely N-dealkylation sites (tertiary alicyclic amines) is 1. The number of methoxy groups -OCH3 is 1. The number of hydrogen-bond acceptors (Lipinski definition) is 5. The van der Waals surface area contributed by atoms with Crippen molar-refractivity contribution in [2.45, 2.75) is 32.4 Å². The zero-order valence-corrected chi connectivity index (χ0v) is 19.4. The summed E-state index contributed by atoms with van der Waals surface area (Å²) < 4.78 is 9.61. The van der Waals surface area contributed by atoms with Crippen molar-refractivity contribution in [2.24, 2.45) is 4.99 Å². The number of carbonyl (C=O) groups is 2. The number of rotatable bonds is 5. The first-order chi connectivity index (χ1) is 13.5. The number of aliphatic imine (C=N–C) groups is 1. The first-order valence-corrected chi connectivity index (χ1v) is 9.38. The molecule has 162 valence electrons. The molecule has 2 amide bonds. The highest BCUT2D eigenvalue weighted by atomic mass is 127. The van der Waals surface area contributed by atoms with Crippen LogP contribution in [0.2, 0.25) is 0 Å². The van der Waals surface area contributed by atoms with Crippen LogP contribution in [0.4, 0.5) is 15.3 Å². The lowest BCUT2D eigenvalue weighted by Crippen LogP contribution is -2.49. The third kappa shape index (κ3) is 8.34. The predicted octanol–water partition coefficient (Wildman–Crippen LogP) is 2.77. The van der Waals surface area contributed by atoms with Crippen molar-refractivity contribution in [3.63, 3.8) is 0 Å². The summed E-state index contributed by atoms with van der Waals surface area (Å²) >= 11 is 0. The lowest BCUT2D eigenvalue weighted by Gasteiger charge is -2.32. The lowest BCUT2D eigenvalue weighted by atomic mass is 10.1. The molecule has 1 aromatic rings. The molecule has 10 heteroatoms. The summed E-state index contributed by atoms with van der Waals surface area (Å²) in [7, 11) is 3.05. The molecule has 0 saturated carbocycles. The Hall–Kier alpha value is -2.24. The first kappa shape index (κ1) is 24.8. The monoisotopic (exact) mass is 519 g/mol. The number of anilines is 1. The van der Waals surface area contributed by atoms with Gasteiger partial charge in [-0.3, -0.25) is 10.3 Å². The number of amides is 2. The highest BCUT2D eigenvalue weighted by Crippen LogP contribution is 2.12. The second-order valence-corrected chi connectivity index (χ2v) is 6.34. The Morgan fingerprint density at radius 1 is 1.21 bits per heavy atom. The molecular formula is C19H30IN5O4. The van der Waals surface area contributed by atoms with Crippen LogP contribution in [0, 0.1) is 0 Å². The Labute approximate surface area is 188 Å². The molecule has 1 aromatic carbocycles. The molecule has 0 aromatic heterocycles. The van der Waals surface area contributed by atoms with Gasteiger partial charge in [-0.05, 0) is 37.5 Å². The number of carbonyl (C=O) groups excluding carboxylic acids is 2. The van der Waals surface area contributed by atoms with E-state index in [1.807, 2.05) is 31.2 Å². The van der Waals surface area contributed by atoms with Crippen LogP contribution >= 0.6 is 24.0 Å². The summed E-state index contributed by atoms with van der Waals surface area (Å²) in [6, 6.07) is 7.72. The van der Waals surface area contributed by atoms with E-state index in [-0.39, 0.29) is 36.1 Å². The van der Waals surface area contributed by atoms with Crippen molar-refractivity contribution in [1.82, 2.24) is 15.5 Å². The molecule has 9 nitrogen and oxygen atoms in total. The largest absolute Gasteiger partial charge is 0.453 e. The van der Waals surface area contributed by atoms with Crippen LogP contribution in [0.5, 0.6) is 0 Å². The average molecular weight is 519 g/mol. The van der Waals surface area contributed by atoms with E-state index in [1.54, 1.807) is 11.9 Å². The fourth-order valence-corrected chi connectivity index (χ4v) is 2.87. The molecule has 1 saturated heterocycles. The average Bonchev–Trinajstić information content (AvgIpc) is 2.72. The van der Waals surface area contributed by atoms with Gasteiger partial charge in [-0.15, -0.1) is 24.0 Å². The van der Waals surface area contributed by atoms with E-state index in [4.69, 9.17) is 4.74 Å². The summed E-state index contributed by atoms with van der Waals surface area (Å²) in [5.74, 6) is 0.714. The molecule has 3 N–H and O–H groups in total. The second-order valence-electron chi connectivity index (χ2n) is 6.34. The van der Waals surface area contributed by atoms with Crippen molar-refractivity contribution in [2.75, 3.05) is 39.2 Å². The maximum Gasteiger partial charge on any atom is 0.411 e. The summed E-state index contributed by atoms with van der Waals surface area (Å²) in [6.45, 7) is 4.14. The Morgan fingerprint density at radius 3 is 2.41 bits per heavy atom.